The Hall–Kier alpha value is -4.59. The molecule has 1 aliphatic carbocycles. The van der Waals surface area contributed by atoms with Crippen LogP contribution >= 0.6 is 0 Å². The molecular formula is C32H28F3N3O2. The Kier molecular flexibility index (Phi) is 7.10. The van der Waals surface area contributed by atoms with Gasteiger partial charge in [0.15, 0.2) is 0 Å². The van der Waals surface area contributed by atoms with Crippen molar-refractivity contribution in [2.45, 2.75) is 32.4 Å². The molecule has 4 N–H and O–H groups in total. The number of carbonyl (C=O) groups is 2. The van der Waals surface area contributed by atoms with Gasteiger partial charge in [-0.15, -0.1) is 0 Å². The van der Waals surface area contributed by atoms with Crippen LogP contribution in [0.2, 0.25) is 0 Å². The van der Waals surface area contributed by atoms with Gasteiger partial charge in [0.25, 0.3) is 5.91 Å². The van der Waals surface area contributed by atoms with Gasteiger partial charge < -0.3 is 16.4 Å². The number of fused-ring (bicyclic) bond motifs is 3. The number of nitrogens with one attached hydrogen (secondary N) is 2. The number of anilines is 2. The summed E-state index contributed by atoms with van der Waals surface area (Å²) in [7, 11) is 0. The monoisotopic (exact) mass is 543 g/mol. The molecule has 0 fully saturated rings. The van der Waals surface area contributed by atoms with Crippen molar-refractivity contribution < 1.29 is 22.8 Å². The molecule has 8 heteroatoms. The van der Waals surface area contributed by atoms with Crippen molar-refractivity contribution in [1.82, 2.24) is 5.32 Å². The zero-order valence-electron chi connectivity index (χ0n) is 22.0. The average Bonchev–Trinajstić information content (AvgIpc) is 3.28. The molecule has 0 bridgehead atoms. The Morgan fingerprint density at radius 3 is 2.20 bits per heavy atom. The Morgan fingerprint density at radius 1 is 0.900 bits per heavy atom. The first kappa shape index (κ1) is 27.0. The lowest BCUT2D eigenvalue weighted by Crippen LogP contribution is -2.37. The molecule has 0 aliphatic heterocycles. The second-order valence-electron chi connectivity index (χ2n) is 9.79. The number of amides is 2. The van der Waals surface area contributed by atoms with E-state index in [0.717, 1.165) is 33.4 Å². The smallest absolute Gasteiger partial charge is 0.398 e. The largest absolute Gasteiger partial charge is 0.405 e. The fourth-order valence-corrected chi connectivity index (χ4v) is 5.53. The topological polar surface area (TPSA) is 84.2 Å². The third kappa shape index (κ3) is 4.93. The molecule has 1 unspecified atom stereocenters. The molecule has 4 aromatic rings. The van der Waals surface area contributed by atoms with E-state index in [-0.39, 0.29) is 5.91 Å². The molecule has 204 valence electrons. The molecule has 1 atom stereocenters. The Balaban J connectivity index is 1.61. The van der Waals surface area contributed by atoms with Crippen LogP contribution < -0.4 is 16.4 Å². The van der Waals surface area contributed by atoms with Crippen LogP contribution in [0.1, 0.15) is 45.5 Å². The van der Waals surface area contributed by atoms with E-state index < -0.39 is 24.5 Å². The molecule has 5 rings (SSSR count). The van der Waals surface area contributed by atoms with Gasteiger partial charge in [0.1, 0.15) is 6.54 Å². The van der Waals surface area contributed by atoms with E-state index in [1.54, 1.807) is 48.5 Å². The molecule has 2 amide bonds. The van der Waals surface area contributed by atoms with Gasteiger partial charge in [-0.25, -0.2) is 0 Å². The van der Waals surface area contributed by atoms with Gasteiger partial charge in [-0.2, -0.15) is 13.2 Å². The summed E-state index contributed by atoms with van der Waals surface area (Å²) in [6.07, 6.45) is -4.02. The molecule has 0 aromatic heterocycles. The van der Waals surface area contributed by atoms with Crippen molar-refractivity contribution in [3.63, 3.8) is 0 Å². The maximum atomic E-state index is 13.3. The molecule has 0 saturated carbocycles. The number of rotatable bonds is 6. The number of benzene rings is 4. The predicted octanol–water partition coefficient (Wildman–Crippen LogP) is 6.85. The maximum Gasteiger partial charge on any atom is 0.405 e. The van der Waals surface area contributed by atoms with Gasteiger partial charge >= 0.3 is 6.18 Å². The van der Waals surface area contributed by atoms with Crippen molar-refractivity contribution in [2.75, 3.05) is 17.6 Å². The van der Waals surface area contributed by atoms with Crippen molar-refractivity contribution in [2.24, 2.45) is 0 Å². The minimum absolute atomic E-state index is 0.233. The van der Waals surface area contributed by atoms with Gasteiger partial charge in [0.2, 0.25) is 5.91 Å². The van der Waals surface area contributed by atoms with Crippen LogP contribution in [0.4, 0.5) is 24.5 Å². The van der Waals surface area contributed by atoms with Crippen LogP contribution in [-0.4, -0.2) is 24.5 Å². The molecule has 5 nitrogen and oxygen atoms in total. The zero-order valence-corrected chi connectivity index (χ0v) is 22.0. The molecule has 4 aromatic carbocycles. The SMILES string of the molecule is CCc1c(N)c(C)c(-c2ccc(NC(=O)c3ccccc3)cc2)c2c1C(C(=O)NCC(F)(F)F)c1ccccc1-2. The summed E-state index contributed by atoms with van der Waals surface area (Å²) in [4.78, 5) is 25.9. The van der Waals surface area contributed by atoms with E-state index in [9.17, 15) is 22.8 Å². The first-order valence-electron chi connectivity index (χ1n) is 13.0. The molecule has 0 saturated heterocycles. The molecule has 0 heterocycles. The van der Waals surface area contributed by atoms with Gasteiger partial charge in [0.05, 0.1) is 5.92 Å². The van der Waals surface area contributed by atoms with E-state index >= 15 is 0 Å². The highest BCUT2D eigenvalue weighted by atomic mass is 19.4. The Labute approximate surface area is 230 Å². The summed E-state index contributed by atoms with van der Waals surface area (Å²) in [5, 5.41) is 4.97. The highest BCUT2D eigenvalue weighted by Crippen LogP contribution is 2.53. The van der Waals surface area contributed by atoms with Crippen molar-refractivity contribution in [3.05, 3.63) is 107 Å². The zero-order chi connectivity index (χ0) is 28.6. The number of alkyl halides is 3. The van der Waals surface area contributed by atoms with Crippen LogP contribution in [0.5, 0.6) is 0 Å². The highest BCUT2D eigenvalue weighted by Gasteiger charge is 2.40. The van der Waals surface area contributed by atoms with E-state index in [4.69, 9.17) is 5.73 Å². The second kappa shape index (κ2) is 10.5. The molecule has 40 heavy (non-hydrogen) atoms. The van der Waals surface area contributed by atoms with Gasteiger partial charge in [0, 0.05) is 16.9 Å². The summed E-state index contributed by atoms with van der Waals surface area (Å²) in [5.74, 6) is -1.87. The third-order valence-electron chi connectivity index (χ3n) is 7.32. The highest BCUT2D eigenvalue weighted by molar-refractivity contribution is 6.05. The van der Waals surface area contributed by atoms with E-state index in [0.29, 0.717) is 34.5 Å². The standard InChI is InChI=1S/C32H28F3N3O2/c1-3-22-26-27(23-11-7-8-12-24(23)28(26)31(40)37-17-32(33,34)35)25(18(2)29(22)36)19-13-15-21(16-14-19)38-30(39)20-9-5-4-6-10-20/h4-16,28H,3,17,36H2,1-2H3,(H,37,40)(H,38,39). The number of nitrogen functional groups attached to an aromatic ring is 1. The van der Waals surface area contributed by atoms with Crippen LogP contribution in [0.15, 0.2) is 78.9 Å². The van der Waals surface area contributed by atoms with Gasteiger partial charge in [-0.1, -0.05) is 61.5 Å². The number of nitrogens with two attached hydrogens (primary N) is 1. The third-order valence-corrected chi connectivity index (χ3v) is 7.32. The molecule has 0 spiro atoms. The summed E-state index contributed by atoms with van der Waals surface area (Å²) < 4.78 is 39.0. The average molecular weight is 544 g/mol. The Bertz CT molecular complexity index is 1600. The number of halogens is 3. The lowest BCUT2D eigenvalue weighted by molar-refractivity contribution is -0.138. The van der Waals surface area contributed by atoms with Crippen molar-refractivity contribution in [1.29, 1.82) is 0 Å². The van der Waals surface area contributed by atoms with Crippen LogP contribution in [0.3, 0.4) is 0 Å². The minimum atomic E-state index is -4.53. The maximum absolute atomic E-state index is 13.3. The van der Waals surface area contributed by atoms with Gasteiger partial charge in [-0.3, -0.25) is 9.59 Å². The first-order chi connectivity index (χ1) is 19.1. The normalized spacial score (nSPS) is 13.9. The summed E-state index contributed by atoms with van der Waals surface area (Å²) in [6, 6.07) is 23.5. The lowest BCUT2D eigenvalue weighted by Gasteiger charge is -2.23. The summed E-state index contributed by atoms with van der Waals surface area (Å²) in [5.41, 5.74) is 14.4. The van der Waals surface area contributed by atoms with Crippen molar-refractivity contribution in [3.8, 4) is 22.3 Å². The van der Waals surface area contributed by atoms with Crippen LogP contribution in [0.25, 0.3) is 22.3 Å². The summed E-state index contributed by atoms with van der Waals surface area (Å²) in [6.45, 7) is 2.42. The van der Waals surface area contributed by atoms with Gasteiger partial charge in [-0.05, 0) is 82.1 Å². The second-order valence-corrected chi connectivity index (χ2v) is 9.79. The Morgan fingerprint density at radius 2 is 1.55 bits per heavy atom. The summed E-state index contributed by atoms with van der Waals surface area (Å²) >= 11 is 0. The minimum Gasteiger partial charge on any atom is -0.398 e. The van der Waals surface area contributed by atoms with E-state index in [2.05, 4.69) is 10.6 Å². The molecular weight excluding hydrogens is 515 g/mol. The number of hydrogen-bond acceptors (Lipinski definition) is 3. The first-order valence-corrected chi connectivity index (χ1v) is 13.0. The quantitative estimate of drug-likeness (QED) is 0.233. The fraction of sp³-hybridized carbons (Fsp3) is 0.188. The van der Waals surface area contributed by atoms with Crippen LogP contribution in [-0.2, 0) is 11.2 Å². The van der Waals surface area contributed by atoms with Crippen LogP contribution in [0, 0.1) is 6.92 Å². The predicted molar refractivity (Wildman–Crippen MR) is 151 cm³/mol. The lowest BCUT2D eigenvalue weighted by atomic mass is 9.83. The fourth-order valence-electron chi connectivity index (χ4n) is 5.53. The molecule has 0 radical (unpaired) electrons. The van der Waals surface area contributed by atoms with E-state index in [1.165, 1.54) is 0 Å². The number of hydrogen-bond donors (Lipinski definition) is 3. The van der Waals surface area contributed by atoms with E-state index in [1.807, 2.05) is 44.2 Å². The van der Waals surface area contributed by atoms with Crippen molar-refractivity contribution >= 4 is 23.2 Å². The molecule has 1 aliphatic rings. The number of carbonyl (C=O) groups excluding carboxylic acids is 2.